The van der Waals surface area contributed by atoms with E-state index in [9.17, 15) is 9.18 Å². The predicted molar refractivity (Wildman–Crippen MR) is 77.2 cm³/mol. The van der Waals surface area contributed by atoms with Crippen molar-refractivity contribution in [2.45, 2.75) is 43.4 Å². The van der Waals surface area contributed by atoms with Gasteiger partial charge < -0.3 is 10.1 Å². The number of alkyl halides is 1. The zero-order valence-corrected chi connectivity index (χ0v) is 12.9. The number of ether oxygens (including phenoxy) is 1. The number of hydrogen-bond donors (Lipinski definition) is 1. The molecule has 3 rings (SSSR count). The molecule has 3 nitrogen and oxygen atoms in total. The van der Waals surface area contributed by atoms with E-state index in [1.807, 2.05) is 6.07 Å². The van der Waals surface area contributed by atoms with Crippen LogP contribution in [0.15, 0.2) is 22.7 Å². The molecule has 20 heavy (non-hydrogen) atoms. The molecule has 0 amide bonds. The Morgan fingerprint density at radius 1 is 1.50 bits per heavy atom. The molecule has 5 heteroatoms. The second-order valence-electron chi connectivity index (χ2n) is 5.66. The third kappa shape index (κ3) is 2.37. The normalized spacial score (nSPS) is 31.6. The summed E-state index contributed by atoms with van der Waals surface area (Å²) in [4.78, 5) is 11.3. The number of hydrogen-bond acceptors (Lipinski definition) is 3. The molecular weight excluding hydrogens is 325 g/mol. The van der Waals surface area contributed by atoms with E-state index in [0.29, 0.717) is 0 Å². The number of carbonyl (C=O) groups is 1. The second kappa shape index (κ2) is 5.11. The van der Waals surface area contributed by atoms with Crippen molar-refractivity contribution in [1.82, 2.24) is 5.32 Å². The van der Waals surface area contributed by atoms with Crippen LogP contribution in [0.25, 0.3) is 0 Å². The lowest BCUT2D eigenvalue weighted by molar-refractivity contribution is -0.163. The Labute approximate surface area is 126 Å². The second-order valence-corrected chi connectivity index (χ2v) is 6.58. The standard InChI is InChI=1S/C15H17BrFNO2/c1-20-14(19)15(17)7-11(8-15)18-13-5-2-9-6-10(16)3-4-12(9)13/h3-4,6,11,13,18H,2,5,7-8H2,1H3/t11?,13-,15?/m1/s1. The highest BCUT2D eigenvalue weighted by molar-refractivity contribution is 9.10. The molecule has 2 aliphatic rings. The van der Waals surface area contributed by atoms with Gasteiger partial charge in [0, 0.05) is 29.4 Å². The average Bonchev–Trinajstić information content (AvgIpc) is 2.78. The molecule has 0 aromatic heterocycles. The highest BCUT2D eigenvalue weighted by Gasteiger charge is 2.52. The first-order valence-corrected chi connectivity index (χ1v) is 7.63. The number of halogens is 2. The maximum Gasteiger partial charge on any atom is 0.343 e. The number of esters is 1. The van der Waals surface area contributed by atoms with E-state index in [4.69, 9.17) is 0 Å². The first-order chi connectivity index (χ1) is 9.51. The van der Waals surface area contributed by atoms with Crippen molar-refractivity contribution in [1.29, 1.82) is 0 Å². The molecular formula is C15H17BrFNO2. The Hall–Kier alpha value is -0.940. The van der Waals surface area contributed by atoms with Gasteiger partial charge in [-0.1, -0.05) is 22.0 Å². The largest absolute Gasteiger partial charge is 0.467 e. The predicted octanol–water partition coefficient (Wildman–Crippen LogP) is 3.07. The minimum atomic E-state index is -1.78. The summed E-state index contributed by atoms with van der Waals surface area (Å²) >= 11 is 3.48. The van der Waals surface area contributed by atoms with E-state index in [-0.39, 0.29) is 24.9 Å². The van der Waals surface area contributed by atoms with Crippen LogP contribution in [-0.4, -0.2) is 24.8 Å². The van der Waals surface area contributed by atoms with E-state index in [1.165, 1.54) is 18.2 Å². The highest BCUT2D eigenvalue weighted by Crippen LogP contribution is 2.40. The van der Waals surface area contributed by atoms with Crippen molar-refractivity contribution in [2.75, 3.05) is 7.11 Å². The zero-order chi connectivity index (χ0) is 14.3. The van der Waals surface area contributed by atoms with Gasteiger partial charge in [0.15, 0.2) is 0 Å². The Bertz CT molecular complexity index is 543. The smallest absolute Gasteiger partial charge is 0.343 e. The monoisotopic (exact) mass is 341 g/mol. The van der Waals surface area contributed by atoms with Crippen LogP contribution in [0, 0.1) is 0 Å². The summed E-state index contributed by atoms with van der Waals surface area (Å²) in [6.45, 7) is 0. The number of carbonyl (C=O) groups excluding carboxylic acids is 1. The van der Waals surface area contributed by atoms with E-state index < -0.39 is 11.6 Å². The summed E-state index contributed by atoms with van der Waals surface area (Å²) in [6.07, 6.45) is 2.49. The number of aryl methyl sites for hydroxylation is 1. The first kappa shape index (κ1) is 14.0. The minimum absolute atomic E-state index is 0.0543. The summed E-state index contributed by atoms with van der Waals surface area (Å²) in [7, 11) is 1.23. The van der Waals surface area contributed by atoms with Crippen molar-refractivity contribution in [3.8, 4) is 0 Å². The molecule has 0 heterocycles. The van der Waals surface area contributed by atoms with Crippen molar-refractivity contribution in [2.24, 2.45) is 0 Å². The van der Waals surface area contributed by atoms with Crippen LogP contribution in [0.5, 0.6) is 0 Å². The molecule has 0 saturated heterocycles. The van der Waals surface area contributed by atoms with E-state index >= 15 is 0 Å². The molecule has 108 valence electrons. The van der Waals surface area contributed by atoms with Crippen LogP contribution < -0.4 is 5.32 Å². The van der Waals surface area contributed by atoms with Crippen molar-refractivity contribution in [3.05, 3.63) is 33.8 Å². The van der Waals surface area contributed by atoms with Gasteiger partial charge in [-0.15, -0.1) is 0 Å². The van der Waals surface area contributed by atoms with E-state index in [1.54, 1.807) is 0 Å². The lowest BCUT2D eigenvalue weighted by Gasteiger charge is -2.40. The Morgan fingerprint density at radius 2 is 2.25 bits per heavy atom. The summed E-state index contributed by atoms with van der Waals surface area (Å²) < 4.78 is 19.6. The van der Waals surface area contributed by atoms with Gasteiger partial charge in [0.1, 0.15) is 0 Å². The molecule has 0 spiro atoms. The van der Waals surface area contributed by atoms with Gasteiger partial charge in [-0.3, -0.25) is 0 Å². The van der Waals surface area contributed by atoms with Gasteiger partial charge in [-0.25, -0.2) is 9.18 Å². The van der Waals surface area contributed by atoms with Crippen molar-refractivity contribution in [3.63, 3.8) is 0 Å². The summed E-state index contributed by atoms with van der Waals surface area (Å²) in [5.74, 6) is -0.744. The number of fused-ring (bicyclic) bond motifs is 1. The summed E-state index contributed by atoms with van der Waals surface area (Å²) in [5, 5.41) is 3.46. The topological polar surface area (TPSA) is 38.3 Å². The SMILES string of the molecule is COC(=O)C1(F)CC(N[C@@H]2CCc3cc(Br)ccc32)C1. The summed E-state index contributed by atoms with van der Waals surface area (Å²) in [6, 6.07) is 6.62. The number of methoxy groups -OCH3 is 1. The van der Waals surface area contributed by atoms with Gasteiger partial charge in [0.2, 0.25) is 5.67 Å². The Kier molecular flexibility index (Phi) is 3.58. The molecule has 2 aliphatic carbocycles. The summed E-state index contributed by atoms with van der Waals surface area (Å²) in [5.41, 5.74) is 0.853. The van der Waals surface area contributed by atoms with Gasteiger partial charge in [0.05, 0.1) is 7.11 Å². The fourth-order valence-corrected chi connectivity index (χ4v) is 3.64. The first-order valence-electron chi connectivity index (χ1n) is 6.83. The molecule has 1 atom stereocenters. The highest BCUT2D eigenvalue weighted by atomic mass is 79.9. The number of nitrogens with one attached hydrogen (secondary N) is 1. The fourth-order valence-electron chi connectivity index (χ4n) is 3.23. The molecule has 1 fully saturated rings. The zero-order valence-electron chi connectivity index (χ0n) is 11.3. The van der Waals surface area contributed by atoms with Gasteiger partial charge in [0.25, 0.3) is 0 Å². The number of rotatable bonds is 3. The Morgan fingerprint density at radius 3 is 2.95 bits per heavy atom. The minimum Gasteiger partial charge on any atom is -0.467 e. The van der Waals surface area contributed by atoms with E-state index in [0.717, 1.165) is 17.3 Å². The van der Waals surface area contributed by atoms with Gasteiger partial charge in [-0.05, 0) is 36.1 Å². The van der Waals surface area contributed by atoms with E-state index in [2.05, 4.69) is 38.1 Å². The van der Waals surface area contributed by atoms with Crippen LogP contribution >= 0.6 is 15.9 Å². The number of benzene rings is 1. The van der Waals surface area contributed by atoms with Crippen LogP contribution in [0.4, 0.5) is 4.39 Å². The average molecular weight is 342 g/mol. The molecule has 1 aromatic carbocycles. The molecule has 0 radical (unpaired) electrons. The molecule has 0 bridgehead atoms. The third-order valence-electron chi connectivity index (χ3n) is 4.31. The lowest BCUT2D eigenvalue weighted by Crippen LogP contribution is -2.56. The van der Waals surface area contributed by atoms with Crippen LogP contribution in [-0.2, 0) is 16.0 Å². The van der Waals surface area contributed by atoms with Crippen molar-refractivity contribution < 1.29 is 13.9 Å². The van der Waals surface area contributed by atoms with Crippen molar-refractivity contribution >= 4 is 21.9 Å². The quantitative estimate of drug-likeness (QED) is 0.858. The Balaban J connectivity index is 1.61. The molecule has 0 unspecified atom stereocenters. The fraction of sp³-hybridized carbons (Fsp3) is 0.533. The maximum atomic E-state index is 14.1. The van der Waals surface area contributed by atoms with Crippen LogP contribution in [0.1, 0.15) is 36.4 Å². The molecule has 1 N–H and O–H groups in total. The molecule has 0 aliphatic heterocycles. The molecule has 1 aromatic rings. The lowest BCUT2D eigenvalue weighted by atomic mass is 9.77. The van der Waals surface area contributed by atoms with Gasteiger partial charge in [-0.2, -0.15) is 0 Å². The maximum absolute atomic E-state index is 14.1. The van der Waals surface area contributed by atoms with Crippen LogP contribution in [0.2, 0.25) is 0 Å². The van der Waals surface area contributed by atoms with Gasteiger partial charge >= 0.3 is 5.97 Å². The molecule has 1 saturated carbocycles. The third-order valence-corrected chi connectivity index (χ3v) is 4.80. The van der Waals surface area contributed by atoms with Crippen LogP contribution in [0.3, 0.4) is 0 Å².